The Bertz CT molecular complexity index is 985. The number of hydrogen-bond donors (Lipinski definition) is 0. The third-order valence-corrected chi connectivity index (χ3v) is 4.81. The van der Waals surface area contributed by atoms with Crippen LogP contribution in [0, 0.1) is 0 Å². The van der Waals surface area contributed by atoms with E-state index in [-0.39, 0.29) is 18.6 Å². The van der Waals surface area contributed by atoms with Crippen LogP contribution in [0.3, 0.4) is 0 Å². The maximum Gasteiger partial charge on any atom is 0.170 e. The van der Waals surface area contributed by atoms with Gasteiger partial charge in [-0.25, -0.2) is 0 Å². The van der Waals surface area contributed by atoms with Gasteiger partial charge in [-0.1, -0.05) is 66.2 Å². The van der Waals surface area contributed by atoms with Crippen molar-refractivity contribution in [2.24, 2.45) is 0 Å². The molecule has 0 heterocycles. The Morgan fingerprint density at radius 3 is 2.41 bits per heavy atom. The summed E-state index contributed by atoms with van der Waals surface area (Å²) in [7, 11) is 0. The van der Waals surface area contributed by atoms with E-state index in [0.29, 0.717) is 28.5 Å². The molecule has 4 nitrogen and oxygen atoms in total. The van der Waals surface area contributed by atoms with E-state index in [1.165, 1.54) is 0 Å². The van der Waals surface area contributed by atoms with Crippen molar-refractivity contribution in [2.75, 3.05) is 0 Å². The van der Waals surface area contributed by atoms with Crippen LogP contribution in [0.1, 0.15) is 40.2 Å². The molecule has 0 fully saturated rings. The van der Waals surface area contributed by atoms with Crippen LogP contribution in [0.5, 0.6) is 5.75 Å². The van der Waals surface area contributed by atoms with Gasteiger partial charge in [0, 0.05) is 22.5 Å². The topological polar surface area (TPSA) is 66.4 Å². The first kappa shape index (κ1) is 20.6. The van der Waals surface area contributed by atoms with E-state index in [2.05, 4.69) is 0 Å². The standard InChI is InChI=1S/C24H21ClO4/c25-20-10-4-8-18(14-20)22(12-13-23(26)27)24(28)19-9-5-11-21(15-19)29-16-17-6-2-1-3-7-17/h1-11,14-15,22H,12-13,16H2,(H,26,27)/p-1. The van der Waals surface area contributed by atoms with E-state index in [1.807, 2.05) is 30.3 Å². The first-order valence-electron chi connectivity index (χ1n) is 9.29. The molecule has 0 aromatic heterocycles. The van der Waals surface area contributed by atoms with Crippen molar-refractivity contribution >= 4 is 23.4 Å². The van der Waals surface area contributed by atoms with Gasteiger partial charge in [0.25, 0.3) is 0 Å². The van der Waals surface area contributed by atoms with Crippen molar-refractivity contribution in [1.29, 1.82) is 0 Å². The van der Waals surface area contributed by atoms with Crippen molar-refractivity contribution in [2.45, 2.75) is 25.4 Å². The minimum Gasteiger partial charge on any atom is -0.550 e. The SMILES string of the molecule is O=C([O-])CCC(C(=O)c1cccc(OCc2ccccc2)c1)c1cccc(Cl)c1. The number of rotatable bonds is 9. The molecular weight excluding hydrogens is 388 g/mol. The lowest BCUT2D eigenvalue weighted by Gasteiger charge is -2.18. The lowest BCUT2D eigenvalue weighted by Crippen LogP contribution is -2.24. The number of carboxylic acid groups (broad SMARTS) is 1. The predicted octanol–water partition coefficient (Wildman–Crippen LogP) is 4.42. The Balaban J connectivity index is 1.80. The zero-order valence-electron chi connectivity index (χ0n) is 15.7. The van der Waals surface area contributed by atoms with Gasteiger partial charge in [0.2, 0.25) is 0 Å². The second-order valence-corrected chi connectivity index (χ2v) is 7.12. The third-order valence-electron chi connectivity index (χ3n) is 4.57. The lowest BCUT2D eigenvalue weighted by molar-refractivity contribution is -0.305. The first-order valence-corrected chi connectivity index (χ1v) is 9.67. The van der Waals surface area contributed by atoms with Crippen molar-refractivity contribution in [1.82, 2.24) is 0 Å². The molecule has 1 atom stereocenters. The van der Waals surface area contributed by atoms with Gasteiger partial charge in [0.1, 0.15) is 12.4 Å². The molecule has 0 saturated heterocycles. The summed E-state index contributed by atoms with van der Waals surface area (Å²) in [6.07, 6.45) is -0.0796. The number of aliphatic carboxylic acids is 1. The Hall–Kier alpha value is -3.11. The fourth-order valence-corrected chi connectivity index (χ4v) is 3.31. The zero-order chi connectivity index (χ0) is 20.6. The van der Waals surface area contributed by atoms with Crippen molar-refractivity contribution in [3.8, 4) is 5.75 Å². The van der Waals surface area contributed by atoms with Crippen LogP contribution in [-0.2, 0) is 11.4 Å². The molecule has 0 aliphatic rings. The number of carboxylic acids is 1. The zero-order valence-corrected chi connectivity index (χ0v) is 16.5. The quantitative estimate of drug-likeness (QED) is 0.492. The van der Waals surface area contributed by atoms with Crippen LogP contribution in [0.4, 0.5) is 0 Å². The molecule has 0 aliphatic carbocycles. The van der Waals surface area contributed by atoms with Gasteiger partial charge in [-0.3, -0.25) is 4.79 Å². The number of benzene rings is 3. The van der Waals surface area contributed by atoms with Crippen LogP contribution in [0.25, 0.3) is 0 Å². The summed E-state index contributed by atoms with van der Waals surface area (Å²) >= 11 is 6.07. The summed E-state index contributed by atoms with van der Waals surface area (Å²) < 4.78 is 5.81. The van der Waals surface area contributed by atoms with Gasteiger partial charge >= 0.3 is 0 Å². The van der Waals surface area contributed by atoms with Gasteiger partial charge < -0.3 is 14.6 Å². The largest absolute Gasteiger partial charge is 0.550 e. The molecule has 1 unspecified atom stereocenters. The van der Waals surface area contributed by atoms with Crippen LogP contribution in [0.2, 0.25) is 5.02 Å². The number of ketones is 1. The van der Waals surface area contributed by atoms with Crippen LogP contribution in [-0.4, -0.2) is 11.8 Å². The van der Waals surface area contributed by atoms with E-state index in [1.54, 1.807) is 48.5 Å². The minimum absolute atomic E-state index is 0.136. The highest BCUT2D eigenvalue weighted by atomic mass is 35.5. The second-order valence-electron chi connectivity index (χ2n) is 6.68. The van der Waals surface area contributed by atoms with E-state index in [0.717, 1.165) is 5.56 Å². The lowest BCUT2D eigenvalue weighted by atomic mass is 9.87. The van der Waals surface area contributed by atoms with Crippen molar-refractivity contribution in [3.05, 3.63) is 101 Å². The highest BCUT2D eigenvalue weighted by molar-refractivity contribution is 6.30. The average molecular weight is 408 g/mol. The van der Waals surface area contributed by atoms with Gasteiger partial charge in [0.15, 0.2) is 5.78 Å². The average Bonchev–Trinajstić information content (AvgIpc) is 2.73. The molecule has 0 N–H and O–H groups in total. The molecule has 0 saturated carbocycles. The summed E-state index contributed by atoms with van der Waals surface area (Å²) in [6, 6.07) is 23.6. The maximum absolute atomic E-state index is 13.2. The number of carbonyl (C=O) groups is 2. The van der Waals surface area contributed by atoms with Crippen molar-refractivity contribution in [3.63, 3.8) is 0 Å². The fraction of sp³-hybridized carbons (Fsp3) is 0.167. The number of carbonyl (C=O) groups excluding carboxylic acids is 2. The summed E-state index contributed by atoms with van der Waals surface area (Å²) in [5.41, 5.74) is 2.16. The van der Waals surface area contributed by atoms with Crippen molar-refractivity contribution < 1.29 is 19.4 Å². The number of ether oxygens (including phenoxy) is 1. The maximum atomic E-state index is 13.2. The Labute approximate surface area is 174 Å². The predicted molar refractivity (Wildman–Crippen MR) is 110 cm³/mol. The van der Waals surface area contributed by atoms with E-state index in [9.17, 15) is 14.7 Å². The van der Waals surface area contributed by atoms with Crippen LogP contribution < -0.4 is 9.84 Å². The highest BCUT2D eigenvalue weighted by Crippen LogP contribution is 2.29. The molecule has 0 amide bonds. The van der Waals surface area contributed by atoms with Gasteiger partial charge in [0.05, 0.1) is 0 Å². The Kier molecular flexibility index (Phi) is 7.04. The number of halogens is 1. The molecular formula is C24H20ClO4-. The summed E-state index contributed by atoms with van der Waals surface area (Å²) in [4.78, 5) is 24.2. The smallest absolute Gasteiger partial charge is 0.170 e. The molecule has 0 bridgehead atoms. The van der Waals surface area contributed by atoms with Crippen LogP contribution in [0.15, 0.2) is 78.9 Å². The fourth-order valence-electron chi connectivity index (χ4n) is 3.12. The monoisotopic (exact) mass is 407 g/mol. The molecule has 0 spiro atoms. The number of Topliss-reactive ketones (excluding diaryl/α,β-unsaturated/α-hetero) is 1. The molecule has 5 heteroatoms. The third kappa shape index (κ3) is 5.93. The van der Waals surface area contributed by atoms with Gasteiger partial charge in [-0.05, 0) is 48.2 Å². The normalized spacial score (nSPS) is 11.6. The molecule has 3 aromatic carbocycles. The summed E-state index contributed by atoms with van der Waals surface area (Å²) in [5.74, 6) is -1.43. The van der Waals surface area contributed by atoms with Crippen LogP contribution >= 0.6 is 11.6 Å². The van der Waals surface area contributed by atoms with Gasteiger partial charge in [-0.2, -0.15) is 0 Å². The Morgan fingerprint density at radius 2 is 1.69 bits per heavy atom. The molecule has 3 aromatic rings. The summed E-state index contributed by atoms with van der Waals surface area (Å²) in [6.45, 7) is 0.390. The van der Waals surface area contributed by atoms with E-state index >= 15 is 0 Å². The Morgan fingerprint density at radius 1 is 0.931 bits per heavy atom. The second kappa shape index (κ2) is 9.89. The molecule has 0 radical (unpaired) electrons. The molecule has 29 heavy (non-hydrogen) atoms. The van der Waals surface area contributed by atoms with Gasteiger partial charge in [-0.15, -0.1) is 0 Å². The molecule has 3 rings (SSSR count). The number of hydrogen-bond acceptors (Lipinski definition) is 4. The van der Waals surface area contributed by atoms with E-state index < -0.39 is 11.9 Å². The minimum atomic E-state index is -1.19. The molecule has 148 valence electrons. The summed E-state index contributed by atoms with van der Waals surface area (Å²) in [5, 5.41) is 11.5. The first-order chi connectivity index (χ1) is 14.0. The highest BCUT2D eigenvalue weighted by Gasteiger charge is 2.22. The van der Waals surface area contributed by atoms with E-state index in [4.69, 9.17) is 16.3 Å². The molecule has 0 aliphatic heterocycles.